The molecule has 3 aromatic rings. The molecule has 2 aliphatic rings. The first-order valence-electron chi connectivity index (χ1n) is 11.2. The molecule has 7 nitrogen and oxygen atoms in total. The van der Waals surface area contributed by atoms with Crippen LogP contribution < -0.4 is 15.2 Å². The third-order valence-electron chi connectivity index (χ3n) is 6.94. The summed E-state index contributed by atoms with van der Waals surface area (Å²) in [5.41, 5.74) is 2.16. The Labute approximate surface area is 196 Å². The van der Waals surface area contributed by atoms with Gasteiger partial charge in [-0.05, 0) is 54.4 Å². The lowest BCUT2D eigenvalue weighted by Crippen LogP contribution is -2.35. The van der Waals surface area contributed by atoms with Crippen LogP contribution in [0.15, 0.2) is 29.3 Å². The Kier molecular flexibility index (Phi) is 5.16. The average molecular weight is 466 g/mol. The van der Waals surface area contributed by atoms with Crippen LogP contribution in [0.2, 0.25) is 0 Å². The highest BCUT2D eigenvalue weighted by Gasteiger charge is 2.32. The van der Waals surface area contributed by atoms with E-state index in [1.54, 1.807) is 36.6 Å². The molecule has 5 rings (SSSR count). The van der Waals surface area contributed by atoms with Crippen LogP contribution in [0.5, 0.6) is 5.75 Å². The SMILES string of the molecule is CN1C(=O)COc2ccc(C(=O)Cn3cnc4sc5c(c4c3=O)CCC(C(C)(C)C)C5)cc21. The molecule has 33 heavy (non-hydrogen) atoms. The summed E-state index contributed by atoms with van der Waals surface area (Å²) in [6, 6.07) is 5.00. The molecule has 3 heterocycles. The van der Waals surface area contributed by atoms with Crippen LogP contribution in [-0.4, -0.2) is 34.9 Å². The van der Waals surface area contributed by atoms with Gasteiger partial charge in [-0.25, -0.2) is 4.98 Å². The van der Waals surface area contributed by atoms with Crippen molar-refractivity contribution >= 4 is 38.9 Å². The molecule has 0 saturated heterocycles. The van der Waals surface area contributed by atoms with Gasteiger partial charge in [-0.15, -0.1) is 11.3 Å². The quantitative estimate of drug-likeness (QED) is 0.549. The van der Waals surface area contributed by atoms with Crippen LogP contribution in [0.4, 0.5) is 5.69 Å². The molecule has 0 bridgehead atoms. The second-order valence-corrected chi connectivity index (χ2v) is 11.1. The van der Waals surface area contributed by atoms with Gasteiger partial charge in [0.2, 0.25) is 0 Å². The van der Waals surface area contributed by atoms with Gasteiger partial charge < -0.3 is 9.64 Å². The lowest BCUT2D eigenvalue weighted by Gasteiger charge is -2.33. The smallest absolute Gasteiger partial charge is 0.264 e. The Bertz CT molecular complexity index is 1350. The fourth-order valence-electron chi connectivity index (χ4n) is 4.74. The fourth-order valence-corrected chi connectivity index (χ4v) is 6.00. The molecule has 1 atom stereocenters. The molecular weight excluding hydrogens is 438 g/mol. The van der Waals surface area contributed by atoms with Gasteiger partial charge in [0.05, 0.1) is 23.9 Å². The van der Waals surface area contributed by atoms with E-state index in [9.17, 15) is 14.4 Å². The number of amides is 1. The number of aryl methyl sites for hydroxylation is 1. The molecule has 0 radical (unpaired) electrons. The molecular formula is C25H27N3O4S. The number of nitrogens with zero attached hydrogens (tertiary/aromatic N) is 3. The maximum atomic E-state index is 13.3. The first kappa shape index (κ1) is 21.8. The third-order valence-corrected chi connectivity index (χ3v) is 8.10. The maximum Gasteiger partial charge on any atom is 0.264 e. The number of aromatic nitrogens is 2. The standard InChI is InChI=1S/C25H27N3O4S/c1-25(2,3)15-6-7-16-20(10-15)33-23-22(16)24(31)28(13-26-23)11-18(29)14-5-8-19-17(9-14)27(4)21(30)12-32-19/h5,8-9,13,15H,6-7,10-12H2,1-4H3. The van der Waals surface area contributed by atoms with Gasteiger partial charge in [0, 0.05) is 17.5 Å². The number of benzene rings is 1. The number of carbonyl (C=O) groups is 2. The Morgan fingerprint density at radius 2 is 2.06 bits per heavy atom. The number of ketones is 1. The molecule has 0 N–H and O–H groups in total. The van der Waals surface area contributed by atoms with Crippen LogP contribution >= 0.6 is 11.3 Å². The van der Waals surface area contributed by atoms with Crippen LogP contribution in [0.3, 0.4) is 0 Å². The summed E-state index contributed by atoms with van der Waals surface area (Å²) in [6.07, 6.45) is 4.38. The summed E-state index contributed by atoms with van der Waals surface area (Å²) >= 11 is 1.61. The normalized spacial score (nSPS) is 18.1. The summed E-state index contributed by atoms with van der Waals surface area (Å²) in [4.78, 5) is 46.3. The zero-order chi connectivity index (χ0) is 23.5. The van der Waals surface area contributed by atoms with Crippen molar-refractivity contribution in [2.75, 3.05) is 18.6 Å². The van der Waals surface area contributed by atoms with E-state index >= 15 is 0 Å². The van der Waals surface area contributed by atoms with E-state index in [0.717, 1.165) is 29.7 Å². The van der Waals surface area contributed by atoms with E-state index in [2.05, 4.69) is 25.8 Å². The van der Waals surface area contributed by atoms with Crippen molar-refractivity contribution in [3.63, 3.8) is 0 Å². The lowest BCUT2D eigenvalue weighted by molar-refractivity contribution is -0.120. The number of fused-ring (bicyclic) bond motifs is 4. The van der Waals surface area contributed by atoms with Gasteiger partial charge in [-0.3, -0.25) is 19.0 Å². The zero-order valence-electron chi connectivity index (χ0n) is 19.3. The second-order valence-electron chi connectivity index (χ2n) is 10.0. The van der Waals surface area contributed by atoms with Crippen LogP contribution in [0.1, 0.15) is 48.0 Å². The number of hydrogen-bond donors (Lipinski definition) is 0. The maximum absolute atomic E-state index is 13.3. The highest BCUT2D eigenvalue weighted by molar-refractivity contribution is 7.18. The Balaban J connectivity index is 1.45. The number of ether oxygens (including phenoxy) is 1. The number of carbonyl (C=O) groups excluding carboxylic acids is 2. The average Bonchev–Trinajstić information content (AvgIpc) is 3.16. The summed E-state index contributed by atoms with van der Waals surface area (Å²) in [6.45, 7) is 6.70. The number of likely N-dealkylation sites (N-methyl/N-ethyl adjacent to an activating group) is 1. The molecule has 2 aromatic heterocycles. The Hall–Kier alpha value is -3.00. The minimum absolute atomic E-state index is 0.0146. The third kappa shape index (κ3) is 3.76. The molecule has 1 aromatic carbocycles. The molecule has 1 amide bonds. The van der Waals surface area contributed by atoms with E-state index < -0.39 is 0 Å². The highest BCUT2D eigenvalue weighted by Crippen LogP contribution is 2.42. The minimum Gasteiger partial charge on any atom is -0.482 e. The number of hydrogen-bond acceptors (Lipinski definition) is 6. The van der Waals surface area contributed by atoms with E-state index in [1.165, 1.54) is 20.7 Å². The monoisotopic (exact) mass is 465 g/mol. The van der Waals surface area contributed by atoms with Crippen molar-refractivity contribution in [2.45, 2.75) is 46.6 Å². The highest BCUT2D eigenvalue weighted by atomic mass is 32.1. The molecule has 1 aliphatic heterocycles. The van der Waals surface area contributed by atoms with Gasteiger partial charge in [-0.1, -0.05) is 20.8 Å². The van der Waals surface area contributed by atoms with E-state index in [1.807, 2.05) is 0 Å². The first-order valence-corrected chi connectivity index (χ1v) is 12.0. The van der Waals surface area contributed by atoms with Crippen molar-refractivity contribution in [1.82, 2.24) is 9.55 Å². The first-order chi connectivity index (χ1) is 15.6. The van der Waals surface area contributed by atoms with E-state index in [0.29, 0.717) is 28.3 Å². The van der Waals surface area contributed by atoms with Crippen molar-refractivity contribution in [2.24, 2.45) is 11.3 Å². The Morgan fingerprint density at radius 1 is 1.27 bits per heavy atom. The number of rotatable bonds is 3. The zero-order valence-corrected chi connectivity index (χ0v) is 20.1. The number of anilines is 1. The fraction of sp³-hybridized carbons (Fsp3) is 0.440. The Morgan fingerprint density at radius 3 is 2.82 bits per heavy atom. The van der Waals surface area contributed by atoms with Crippen LogP contribution in [-0.2, 0) is 24.2 Å². The minimum atomic E-state index is -0.218. The topological polar surface area (TPSA) is 81.5 Å². The largest absolute Gasteiger partial charge is 0.482 e. The molecule has 172 valence electrons. The van der Waals surface area contributed by atoms with E-state index in [-0.39, 0.29) is 35.8 Å². The summed E-state index contributed by atoms with van der Waals surface area (Å²) in [7, 11) is 1.66. The van der Waals surface area contributed by atoms with Crippen molar-refractivity contribution in [1.29, 1.82) is 0 Å². The van der Waals surface area contributed by atoms with Gasteiger partial charge in [0.1, 0.15) is 10.6 Å². The van der Waals surface area contributed by atoms with Gasteiger partial charge in [0.15, 0.2) is 12.4 Å². The van der Waals surface area contributed by atoms with Crippen molar-refractivity contribution < 1.29 is 14.3 Å². The molecule has 0 saturated carbocycles. The summed E-state index contributed by atoms with van der Waals surface area (Å²) in [5, 5.41) is 0.668. The van der Waals surface area contributed by atoms with Crippen LogP contribution in [0.25, 0.3) is 10.2 Å². The van der Waals surface area contributed by atoms with Crippen molar-refractivity contribution in [3.05, 3.63) is 50.9 Å². The van der Waals surface area contributed by atoms with Crippen LogP contribution in [0, 0.1) is 11.3 Å². The van der Waals surface area contributed by atoms with E-state index in [4.69, 9.17) is 4.74 Å². The van der Waals surface area contributed by atoms with Gasteiger partial charge in [0.25, 0.3) is 11.5 Å². The molecule has 8 heteroatoms. The summed E-state index contributed by atoms with van der Waals surface area (Å²) < 4.78 is 6.83. The number of thiophene rings is 1. The molecule has 1 unspecified atom stereocenters. The molecule has 1 aliphatic carbocycles. The predicted molar refractivity (Wildman–Crippen MR) is 129 cm³/mol. The molecule has 0 spiro atoms. The summed E-state index contributed by atoms with van der Waals surface area (Å²) in [5.74, 6) is 0.755. The molecule has 0 fully saturated rings. The van der Waals surface area contributed by atoms with Crippen molar-refractivity contribution in [3.8, 4) is 5.75 Å². The van der Waals surface area contributed by atoms with Gasteiger partial charge >= 0.3 is 0 Å². The predicted octanol–water partition coefficient (Wildman–Crippen LogP) is 3.85. The second kappa shape index (κ2) is 7.80. The van der Waals surface area contributed by atoms with Gasteiger partial charge in [-0.2, -0.15) is 0 Å². The number of Topliss-reactive ketones (excluding diaryl/α,β-unsaturated/α-hetero) is 1. The lowest BCUT2D eigenvalue weighted by atomic mass is 9.72.